The topological polar surface area (TPSA) is 116 Å². The maximum absolute atomic E-state index is 12.5. The van der Waals surface area contributed by atoms with Crippen LogP contribution in [0.3, 0.4) is 0 Å². The molecule has 2 heterocycles. The van der Waals surface area contributed by atoms with Crippen molar-refractivity contribution in [3.8, 4) is 22.3 Å². The zero-order chi connectivity index (χ0) is 37.8. The number of aromatic carboxylic acids is 1. The lowest BCUT2D eigenvalue weighted by Crippen LogP contribution is -2.46. The molecule has 0 saturated carbocycles. The summed E-state index contributed by atoms with van der Waals surface area (Å²) in [5, 5.41) is 23.0. The number of benzene rings is 5. The third kappa shape index (κ3) is 8.12. The fourth-order valence-corrected chi connectivity index (χ4v) is 8.21. The second kappa shape index (κ2) is 16.4. The van der Waals surface area contributed by atoms with Crippen LogP contribution in [0.1, 0.15) is 10.5 Å². The number of hydrogen-bond acceptors (Lipinski definition) is 9. The van der Waals surface area contributed by atoms with Gasteiger partial charge in [-0.3, -0.25) is 10.1 Å². The first kappa shape index (κ1) is 37.1. The summed E-state index contributed by atoms with van der Waals surface area (Å²) in [5.41, 5.74) is 6.30. The average Bonchev–Trinajstić information content (AvgIpc) is 3.47. The summed E-state index contributed by atoms with van der Waals surface area (Å²) in [6.07, 6.45) is 0. The summed E-state index contributed by atoms with van der Waals surface area (Å²) in [6, 6.07) is 38.1. The van der Waals surface area contributed by atoms with Crippen molar-refractivity contribution in [2.45, 2.75) is 9.79 Å². The molecule has 14 heteroatoms. The number of nitro benzene ring substituents is 1. The van der Waals surface area contributed by atoms with Gasteiger partial charge in [-0.25, -0.2) is 4.79 Å². The number of carboxylic acid groups (broad SMARTS) is 1. The minimum atomic E-state index is -1.06. The number of hydrogen-bond donors (Lipinski definition) is 3. The highest BCUT2D eigenvalue weighted by atomic mass is 35.5. The van der Waals surface area contributed by atoms with Crippen LogP contribution in [0.5, 0.6) is 0 Å². The molecule has 6 aromatic rings. The van der Waals surface area contributed by atoms with Gasteiger partial charge in [0.25, 0.3) is 5.69 Å². The van der Waals surface area contributed by atoms with E-state index in [2.05, 4.69) is 31.4 Å². The smallest absolute Gasteiger partial charge is 0.353 e. The fourth-order valence-electron chi connectivity index (χ4n) is 6.42. The second-order valence-electron chi connectivity index (χ2n) is 12.5. The van der Waals surface area contributed by atoms with Crippen LogP contribution >= 0.6 is 47.1 Å². The number of nitrogens with zero attached hydrogens (tertiary/aromatic N) is 4. The summed E-state index contributed by atoms with van der Waals surface area (Å²) >= 11 is 15.6. The molecule has 0 atom stereocenters. The highest BCUT2D eigenvalue weighted by Gasteiger charge is 2.27. The van der Waals surface area contributed by atoms with Crippen molar-refractivity contribution in [1.82, 2.24) is 4.57 Å². The van der Waals surface area contributed by atoms with Gasteiger partial charge in [0.1, 0.15) is 16.5 Å². The lowest BCUT2D eigenvalue weighted by molar-refractivity contribution is -0.384. The zero-order valence-corrected chi connectivity index (χ0v) is 32.1. The van der Waals surface area contributed by atoms with Crippen molar-refractivity contribution in [1.29, 1.82) is 0 Å². The van der Waals surface area contributed by atoms with Gasteiger partial charge in [0.15, 0.2) is 0 Å². The van der Waals surface area contributed by atoms with E-state index in [1.54, 1.807) is 31.3 Å². The molecule has 1 aromatic heterocycles. The Hall–Kier alpha value is -5.27. The van der Waals surface area contributed by atoms with E-state index in [-0.39, 0.29) is 16.3 Å². The van der Waals surface area contributed by atoms with E-state index in [0.29, 0.717) is 27.0 Å². The molecule has 7 rings (SSSR count). The molecule has 1 saturated heterocycles. The fraction of sp³-hybridized carbons (Fsp3) is 0.125. The van der Waals surface area contributed by atoms with Gasteiger partial charge in [-0.2, -0.15) is 0 Å². The standard InChI is InChI=1S/C40H34Cl2N6O4S2/c1-45-38(40(49)50)36(37(39(45)42)26-10-12-28(41)13-11-26)27-6-5-7-31(24-27)47-22-20-46(21-23-47)30-16-14-29(15-17-30)43-54-33-18-19-34(35(25-33)48(51)52)44-53-32-8-3-2-4-9-32/h2-19,24-25,43-44H,20-23H2,1H3,(H,49,50). The normalized spacial score (nSPS) is 12.8. The second-order valence-corrected chi connectivity index (χ2v) is 15.0. The molecule has 5 aromatic carbocycles. The molecule has 0 bridgehead atoms. The molecule has 1 aliphatic heterocycles. The van der Waals surface area contributed by atoms with Crippen molar-refractivity contribution in [3.05, 3.63) is 147 Å². The van der Waals surface area contributed by atoms with Crippen LogP contribution in [0.25, 0.3) is 22.3 Å². The molecule has 10 nitrogen and oxygen atoms in total. The van der Waals surface area contributed by atoms with Gasteiger partial charge in [-0.1, -0.05) is 65.7 Å². The predicted molar refractivity (Wildman–Crippen MR) is 223 cm³/mol. The zero-order valence-electron chi connectivity index (χ0n) is 28.9. The maximum atomic E-state index is 12.5. The Morgan fingerprint density at radius 2 is 1.39 bits per heavy atom. The summed E-state index contributed by atoms with van der Waals surface area (Å²) in [7, 11) is 1.66. The summed E-state index contributed by atoms with van der Waals surface area (Å²) in [4.78, 5) is 30.3. The van der Waals surface area contributed by atoms with Crippen LogP contribution in [-0.2, 0) is 7.05 Å². The molecule has 3 N–H and O–H groups in total. The van der Waals surface area contributed by atoms with Crippen molar-refractivity contribution in [3.63, 3.8) is 0 Å². The minimum Gasteiger partial charge on any atom is -0.477 e. The van der Waals surface area contributed by atoms with E-state index in [9.17, 15) is 20.0 Å². The van der Waals surface area contributed by atoms with Gasteiger partial charge >= 0.3 is 5.97 Å². The maximum Gasteiger partial charge on any atom is 0.353 e. The van der Waals surface area contributed by atoms with Crippen LogP contribution < -0.4 is 19.2 Å². The molecular weight excluding hydrogens is 764 g/mol. The Labute approximate surface area is 331 Å². The van der Waals surface area contributed by atoms with E-state index < -0.39 is 5.97 Å². The van der Waals surface area contributed by atoms with E-state index in [1.807, 2.05) is 84.9 Å². The first-order chi connectivity index (χ1) is 26.2. The van der Waals surface area contributed by atoms with Gasteiger partial charge in [-0.05, 0) is 108 Å². The van der Waals surface area contributed by atoms with E-state index in [4.69, 9.17) is 23.2 Å². The summed E-state index contributed by atoms with van der Waals surface area (Å²) < 4.78 is 7.92. The van der Waals surface area contributed by atoms with Crippen molar-refractivity contribution >= 4 is 81.5 Å². The quantitative estimate of drug-likeness (QED) is 0.0628. The minimum absolute atomic E-state index is 0.00334. The van der Waals surface area contributed by atoms with E-state index in [0.717, 1.165) is 64.2 Å². The van der Waals surface area contributed by atoms with Gasteiger partial charge in [0.2, 0.25) is 0 Å². The Bertz CT molecular complexity index is 2300. The van der Waals surface area contributed by atoms with Crippen LogP contribution in [0.4, 0.5) is 28.4 Å². The number of carbonyl (C=O) groups is 1. The first-order valence-corrected chi connectivity index (χ1v) is 19.3. The molecule has 0 amide bonds. The number of nitrogens with one attached hydrogen (secondary N) is 2. The summed E-state index contributed by atoms with van der Waals surface area (Å²) in [5.74, 6) is -1.06. The Morgan fingerprint density at radius 1 is 0.722 bits per heavy atom. The summed E-state index contributed by atoms with van der Waals surface area (Å²) in [6.45, 7) is 3.15. The van der Waals surface area contributed by atoms with E-state index in [1.165, 1.54) is 28.5 Å². The third-order valence-electron chi connectivity index (χ3n) is 9.15. The van der Waals surface area contributed by atoms with Crippen molar-refractivity contribution < 1.29 is 14.8 Å². The third-order valence-corrected chi connectivity index (χ3v) is 11.5. The first-order valence-electron chi connectivity index (χ1n) is 16.9. The highest BCUT2D eigenvalue weighted by molar-refractivity contribution is 8.00. The number of carboxylic acids is 1. The Balaban J connectivity index is 0.991. The number of rotatable bonds is 12. The SMILES string of the molecule is Cn1c(Cl)c(-c2ccc(Cl)cc2)c(-c2cccc(N3CCN(c4ccc(NSc5ccc(NSc6ccccc6)c([N+](=O)[O-])c5)cc4)CC3)c2)c1C(=O)O. The lowest BCUT2D eigenvalue weighted by Gasteiger charge is -2.37. The highest BCUT2D eigenvalue weighted by Crippen LogP contribution is 2.43. The number of halogens is 2. The largest absolute Gasteiger partial charge is 0.477 e. The lowest BCUT2D eigenvalue weighted by atomic mass is 9.96. The number of aromatic nitrogens is 1. The van der Waals surface area contributed by atoms with Crippen LogP contribution in [0, 0.1) is 10.1 Å². The van der Waals surface area contributed by atoms with Gasteiger partial charge < -0.3 is 28.9 Å². The molecule has 0 unspecified atom stereocenters. The predicted octanol–water partition coefficient (Wildman–Crippen LogP) is 10.8. The average molecular weight is 798 g/mol. The number of piperazine rings is 1. The molecule has 1 fully saturated rings. The van der Waals surface area contributed by atoms with Crippen LogP contribution in [-0.4, -0.2) is 46.7 Å². The van der Waals surface area contributed by atoms with Crippen molar-refractivity contribution in [2.75, 3.05) is 45.4 Å². The van der Waals surface area contributed by atoms with Crippen molar-refractivity contribution in [2.24, 2.45) is 7.05 Å². The molecular formula is C40H34Cl2N6O4S2. The molecule has 1 aliphatic rings. The molecule has 0 aliphatic carbocycles. The Kier molecular flexibility index (Phi) is 11.3. The van der Waals surface area contributed by atoms with Crippen LogP contribution in [0.2, 0.25) is 10.2 Å². The van der Waals surface area contributed by atoms with E-state index >= 15 is 0 Å². The van der Waals surface area contributed by atoms with Gasteiger partial charge in [-0.15, -0.1) is 0 Å². The number of nitro groups is 1. The van der Waals surface area contributed by atoms with Gasteiger partial charge in [0.05, 0.1) is 4.92 Å². The number of anilines is 4. The van der Waals surface area contributed by atoms with Gasteiger partial charge in [0, 0.05) is 82.3 Å². The molecule has 274 valence electrons. The molecule has 0 spiro atoms. The van der Waals surface area contributed by atoms with Crippen LogP contribution in [0.15, 0.2) is 131 Å². The molecule has 0 radical (unpaired) electrons. The Morgan fingerprint density at radius 3 is 2.06 bits per heavy atom. The monoisotopic (exact) mass is 796 g/mol. The molecule has 54 heavy (non-hydrogen) atoms.